The van der Waals surface area contributed by atoms with Crippen molar-refractivity contribution >= 4 is 29.0 Å². The molecule has 0 aromatic heterocycles. The lowest BCUT2D eigenvalue weighted by Gasteiger charge is -2.15. The van der Waals surface area contributed by atoms with Crippen LogP contribution in [0.15, 0.2) is 12.1 Å². The Kier molecular flexibility index (Phi) is 6.58. The molecule has 0 bridgehead atoms. The van der Waals surface area contributed by atoms with E-state index in [-0.39, 0.29) is 29.8 Å². The number of ketones is 1. The summed E-state index contributed by atoms with van der Waals surface area (Å²) in [5.41, 5.74) is 0.331. The first-order valence-corrected chi connectivity index (χ1v) is 6.60. The molecule has 0 unspecified atom stereocenters. The lowest BCUT2D eigenvalue weighted by atomic mass is 10.1. The number of aliphatic hydroxyl groups excluding tert-OH is 1. The van der Waals surface area contributed by atoms with Gasteiger partial charge in [-0.1, -0.05) is 23.2 Å². The summed E-state index contributed by atoms with van der Waals surface area (Å²) in [5.74, 6) is 0.00470. The second kappa shape index (κ2) is 7.70. The molecule has 0 heterocycles. The highest BCUT2D eigenvalue weighted by Gasteiger charge is 2.17. The van der Waals surface area contributed by atoms with E-state index in [1.807, 2.05) is 6.92 Å². The largest absolute Gasteiger partial charge is 0.488 e. The number of hydrogen-bond donors (Lipinski definition) is 1. The Balaban J connectivity index is 2.81. The third kappa shape index (κ3) is 4.66. The van der Waals surface area contributed by atoms with Gasteiger partial charge in [0.2, 0.25) is 0 Å². The maximum absolute atomic E-state index is 11.5. The minimum atomic E-state index is -0.796. The van der Waals surface area contributed by atoms with Gasteiger partial charge in [-0.05, 0) is 26.0 Å². The summed E-state index contributed by atoms with van der Waals surface area (Å²) in [6.07, 6.45) is -0.796. The Labute approximate surface area is 122 Å². The molecule has 4 nitrogen and oxygen atoms in total. The predicted octanol–water partition coefficient (Wildman–Crippen LogP) is 2.97. The van der Waals surface area contributed by atoms with Gasteiger partial charge < -0.3 is 14.6 Å². The molecule has 0 aliphatic rings. The number of hydrogen-bond acceptors (Lipinski definition) is 4. The van der Waals surface area contributed by atoms with E-state index in [0.717, 1.165) is 0 Å². The number of ether oxygens (including phenoxy) is 2. The fourth-order valence-electron chi connectivity index (χ4n) is 1.43. The summed E-state index contributed by atoms with van der Waals surface area (Å²) in [6.45, 7) is 3.87. The minimum Gasteiger partial charge on any atom is -0.488 e. The lowest BCUT2D eigenvalue weighted by Crippen LogP contribution is -2.24. The summed E-state index contributed by atoms with van der Waals surface area (Å²) < 4.78 is 10.5. The molecule has 1 rings (SSSR count). The Morgan fingerprint density at radius 1 is 1.37 bits per heavy atom. The molecule has 6 heteroatoms. The van der Waals surface area contributed by atoms with Crippen molar-refractivity contribution in [1.29, 1.82) is 0 Å². The highest BCUT2D eigenvalue weighted by atomic mass is 35.5. The number of rotatable bonds is 7. The molecule has 0 saturated carbocycles. The number of carbonyl (C=O) groups is 1. The van der Waals surface area contributed by atoms with Crippen molar-refractivity contribution in [2.45, 2.75) is 20.0 Å². The van der Waals surface area contributed by atoms with Gasteiger partial charge in [0.1, 0.15) is 23.5 Å². The second-order valence-electron chi connectivity index (χ2n) is 3.92. The van der Waals surface area contributed by atoms with Crippen LogP contribution in [0.4, 0.5) is 0 Å². The second-order valence-corrected chi connectivity index (χ2v) is 4.70. The van der Waals surface area contributed by atoms with Gasteiger partial charge in [-0.25, -0.2) is 0 Å². The van der Waals surface area contributed by atoms with Crippen LogP contribution in [0.5, 0.6) is 5.75 Å². The predicted molar refractivity (Wildman–Crippen MR) is 74.5 cm³/mol. The highest BCUT2D eigenvalue weighted by Crippen LogP contribution is 2.35. The Hall–Kier alpha value is -0.810. The Bertz CT molecular complexity index is 449. The molecule has 0 radical (unpaired) electrons. The molecule has 0 spiro atoms. The highest BCUT2D eigenvalue weighted by molar-refractivity contribution is 6.43. The minimum absolute atomic E-state index is 0.0274. The maximum atomic E-state index is 11.5. The average molecular weight is 307 g/mol. The average Bonchev–Trinajstić information content (AvgIpc) is 2.37. The molecule has 0 aliphatic heterocycles. The van der Waals surface area contributed by atoms with Gasteiger partial charge in [-0.3, -0.25) is 4.79 Å². The van der Waals surface area contributed by atoms with Crippen LogP contribution in [0.25, 0.3) is 0 Å². The monoisotopic (exact) mass is 306 g/mol. The molecule has 1 atom stereocenters. The van der Waals surface area contributed by atoms with Crippen LogP contribution in [0.1, 0.15) is 24.2 Å². The van der Waals surface area contributed by atoms with Crippen LogP contribution in [0.3, 0.4) is 0 Å². The molecule has 1 aromatic carbocycles. The summed E-state index contributed by atoms with van der Waals surface area (Å²) in [6, 6.07) is 3.07. The molecule has 19 heavy (non-hydrogen) atoms. The van der Waals surface area contributed by atoms with Crippen LogP contribution < -0.4 is 4.74 Å². The van der Waals surface area contributed by atoms with Crippen molar-refractivity contribution in [2.24, 2.45) is 0 Å². The van der Waals surface area contributed by atoms with Crippen LogP contribution in [0, 0.1) is 0 Å². The van der Waals surface area contributed by atoms with Crippen LogP contribution >= 0.6 is 23.2 Å². The summed E-state index contributed by atoms with van der Waals surface area (Å²) in [7, 11) is 0. The van der Waals surface area contributed by atoms with Gasteiger partial charge >= 0.3 is 0 Å². The zero-order valence-electron chi connectivity index (χ0n) is 10.8. The van der Waals surface area contributed by atoms with Crippen molar-refractivity contribution in [3.05, 3.63) is 27.7 Å². The van der Waals surface area contributed by atoms with Gasteiger partial charge in [-0.2, -0.15) is 0 Å². The number of benzene rings is 1. The summed E-state index contributed by atoms with van der Waals surface area (Å²) >= 11 is 11.9. The lowest BCUT2D eigenvalue weighted by molar-refractivity contribution is 0.0163. The molecule has 0 saturated heterocycles. The van der Waals surface area contributed by atoms with E-state index in [1.54, 1.807) is 6.07 Å². The van der Waals surface area contributed by atoms with Crippen molar-refractivity contribution in [1.82, 2.24) is 0 Å². The number of Topliss-reactive ketones (excluding diaryl/α,β-unsaturated/α-hetero) is 1. The Morgan fingerprint density at radius 3 is 2.63 bits per heavy atom. The summed E-state index contributed by atoms with van der Waals surface area (Å²) in [4.78, 5) is 11.5. The zero-order valence-corrected chi connectivity index (χ0v) is 12.3. The van der Waals surface area contributed by atoms with Crippen molar-refractivity contribution in [3.8, 4) is 5.75 Å². The van der Waals surface area contributed by atoms with Gasteiger partial charge in [0, 0.05) is 6.61 Å². The van der Waals surface area contributed by atoms with E-state index in [0.29, 0.717) is 17.2 Å². The maximum Gasteiger partial charge on any atom is 0.163 e. The molecule has 1 aromatic rings. The van der Waals surface area contributed by atoms with Gasteiger partial charge in [0.15, 0.2) is 5.78 Å². The van der Waals surface area contributed by atoms with E-state index in [9.17, 15) is 9.90 Å². The number of aliphatic hydroxyl groups is 1. The standard InChI is InChI=1S/C13H16Cl2O4/c1-3-18-6-9(17)7-19-13-10(8(2)16)4-5-11(14)12(13)15/h4-5,9,17H,3,6-7H2,1-2H3/t9-/m0/s1. The third-order valence-electron chi connectivity index (χ3n) is 2.36. The van der Waals surface area contributed by atoms with Crippen molar-refractivity contribution in [3.63, 3.8) is 0 Å². The van der Waals surface area contributed by atoms with E-state index in [4.69, 9.17) is 32.7 Å². The van der Waals surface area contributed by atoms with E-state index in [1.165, 1.54) is 13.0 Å². The normalized spacial score (nSPS) is 12.3. The van der Waals surface area contributed by atoms with Gasteiger partial charge in [0.25, 0.3) is 0 Å². The first-order chi connectivity index (χ1) is 8.97. The van der Waals surface area contributed by atoms with Crippen molar-refractivity contribution < 1.29 is 19.4 Å². The van der Waals surface area contributed by atoms with E-state index in [2.05, 4.69) is 0 Å². The Morgan fingerprint density at radius 2 is 2.05 bits per heavy atom. The molecule has 106 valence electrons. The van der Waals surface area contributed by atoms with Crippen LogP contribution in [0.2, 0.25) is 10.0 Å². The van der Waals surface area contributed by atoms with Crippen LogP contribution in [-0.4, -0.2) is 36.8 Å². The third-order valence-corrected chi connectivity index (χ3v) is 3.15. The quantitative estimate of drug-likeness (QED) is 0.787. The molecular weight excluding hydrogens is 291 g/mol. The van der Waals surface area contributed by atoms with Gasteiger partial charge in [0.05, 0.1) is 17.2 Å². The molecule has 0 amide bonds. The number of halogens is 2. The molecular formula is C13H16Cl2O4. The van der Waals surface area contributed by atoms with Crippen molar-refractivity contribution in [2.75, 3.05) is 19.8 Å². The fourth-order valence-corrected chi connectivity index (χ4v) is 1.80. The molecule has 0 aliphatic carbocycles. The smallest absolute Gasteiger partial charge is 0.163 e. The van der Waals surface area contributed by atoms with Crippen LogP contribution in [-0.2, 0) is 4.74 Å². The molecule has 0 fully saturated rings. The zero-order chi connectivity index (χ0) is 14.4. The topological polar surface area (TPSA) is 55.8 Å². The van der Waals surface area contributed by atoms with E-state index < -0.39 is 6.10 Å². The first-order valence-electron chi connectivity index (χ1n) is 5.84. The summed E-state index contributed by atoms with van der Waals surface area (Å²) in [5, 5.41) is 10.1. The molecule has 1 N–H and O–H groups in total. The van der Waals surface area contributed by atoms with E-state index >= 15 is 0 Å². The number of carbonyl (C=O) groups excluding carboxylic acids is 1. The SMILES string of the molecule is CCOC[C@H](O)COc1c(C(C)=O)ccc(Cl)c1Cl. The van der Waals surface area contributed by atoms with Gasteiger partial charge in [-0.15, -0.1) is 0 Å². The fraction of sp³-hybridized carbons (Fsp3) is 0.462. The first kappa shape index (κ1) is 16.2.